The predicted octanol–water partition coefficient (Wildman–Crippen LogP) is 5.09. The molecule has 0 radical (unpaired) electrons. The van der Waals surface area contributed by atoms with E-state index in [0.29, 0.717) is 6.54 Å². The summed E-state index contributed by atoms with van der Waals surface area (Å²) in [7, 11) is 0. The second-order valence-electron chi connectivity index (χ2n) is 8.40. The van der Waals surface area contributed by atoms with Crippen LogP contribution in [0.15, 0.2) is 66.7 Å². The molecule has 2 amide bonds. The molecule has 0 bridgehead atoms. The first-order valence-electron chi connectivity index (χ1n) is 10.4. The minimum Gasteiger partial charge on any atom is -0.304 e. The Bertz CT molecular complexity index is 1180. The molecule has 2 aliphatic heterocycles. The maximum atomic E-state index is 14.1. The number of fused-ring (bicyclic) bond motifs is 2. The van der Waals surface area contributed by atoms with E-state index >= 15 is 0 Å². The molecule has 1 fully saturated rings. The molecule has 1 unspecified atom stereocenters. The molecule has 0 aromatic heterocycles. The number of hydrogen-bond donors (Lipinski definition) is 0. The summed E-state index contributed by atoms with van der Waals surface area (Å²) in [4.78, 5) is 29.7. The quantitative estimate of drug-likeness (QED) is 0.583. The fourth-order valence-electron chi connectivity index (χ4n) is 4.67. The number of rotatable bonds is 3. The minimum atomic E-state index is -1.06. The molecule has 2 aliphatic rings. The van der Waals surface area contributed by atoms with Crippen molar-refractivity contribution >= 4 is 35.0 Å². The second kappa shape index (κ2) is 7.27. The molecule has 0 aliphatic carbocycles. The number of carbonyl (C=O) groups excluding carboxylic acids is 2. The number of anilines is 2. The number of hydrogen-bond acceptors (Lipinski definition) is 3. The van der Waals surface area contributed by atoms with E-state index in [9.17, 15) is 9.59 Å². The van der Waals surface area contributed by atoms with Gasteiger partial charge in [-0.1, -0.05) is 54.1 Å². The lowest BCUT2D eigenvalue weighted by Gasteiger charge is -2.33. The Labute approximate surface area is 186 Å². The second-order valence-corrected chi connectivity index (χ2v) is 9.57. The maximum absolute atomic E-state index is 14.1. The van der Waals surface area contributed by atoms with Crippen molar-refractivity contribution in [3.8, 4) is 0 Å². The zero-order valence-electron chi connectivity index (χ0n) is 17.9. The van der Waals surface area contributed by atoms with Crippen LogP contribution in [-0.4, -0.2) is 17.6 Å². The van der Waals surface area contributed by atoms with E-state index in [1.54, 1.807) is 4.90 Å². The Balaban J connectivity index is 1.65. The Morgan fingerprint density at radius 1 is 0.871 bits per heavy atom. The maximum Gasteiger partial charge on any atom is 0.269 e. The lowest BCUT2D eigenvalue weighted by atomic mass is 10.0. The lowest BCUT2D eigenvalue weighted by molar-refractivity contribution is -0.123. The summed E-state index contributed by atoms with van der Waals surface area (Å²) < 4.78 is 0. The van der Waals surface area contributed by atoms with Crippen molar-refractivity contribution in [3.63, 3.8) is 0 Å². The van der Waals surface area contributed by atoms with Gasteiger partial charge in [-0.25, -0.2) is 0 Å². The van der Waals surface area contributed by atoms with Gasteiger partial charge in [0.1, 0.15) is 0 Å². The van der Waals surface area contributed by atoms with Crippen LogP contribution >= 0.6 is 11.8 Å². The van der Waals surface area contributed by atoms with Gasteiger partial charge < -0.3 is 4.90 Å². The molecular weight excluding hydrogens is 404 g/mol. The van der Waals surface area contributed by atoms with Crippen molar-refractivity contribution < 1.29 is 9.59 Å². The Morgan fingerprint density at radius 3 is 2.26 bits per heavy atom. The standard InChI is InChI=1S/C26H24N2O2S/c1-17-8-10-20(11-9-17)15-27-23-7-5-4-6-22(23)26(25(27)30)28(24(29)16-31-26)21-13-18(2)12-19(3)14-21/h4-14H,15-16H2,1-3H3. The average molecular weight is 429 g/mol. The topological polar surface area (TPSA) is 40.6 Å². The molecule has 5 rings (SSSR count). The third-order valence-corrected chi connectivity index (χ3v) is 7.38. The number of thioether (sulfide) groups is 1. The van der Waals surface area contributed by atoms with Gasteiger partial charge in [-0.05, 0) is 55.7 Å². The Morgan fingerprint density at radius 2 is 1.55 bits per heavy atom. The summed E-state index contributed by atoms with van der Waals surface area (Å²) in [5.41, 5.74) is 6.96. The van der Waals surface area contributed by atoms with E-state index in [1.807, 2.05) is 55.1 Å². The van der Waals surface area contributed by atoms with Gasteiger partial charge in [-0.3, -0.25) is 14.5 Å². The van der Waals surface area contributed by atoms with E-state index < -0.39 is 4.87 Å². The molecule has 1 spiro atoms. The first kappa shape index (κ1) is 19.9. The van der Waals surface area contributed by atoms with Gasteiger partial charge in [-0.15, -0.1) is 11.8 Å². The molecule has 1 atom stereocenters. The van der Waals surface area contributed by atoms with Crippen molar-refractivity contribution in [1.82, 2.24) is 0 Å². The van der Waals surface area contributed by atoms with Gasteiger partial charge in [0, 0.05) is 11.3 Å². The van der Waals surface area contributed by atoms with Crippen molar-refractivity contribution in [2.24, 2.45) is 0 Å². The van der Waals surface area contributed by atoms with E-state index in [0.717, 1.165) is 33.6 Å². The van der Waals surface area contributed by atoms with E-state index in [1.165, 1.54) is 17.3 Å². The molecule has 1 saturated heterocycles. The number of carbonyl (C=O) groups is 2. The van der Waals surface area contributed by atoms with Crippen LogP contribution in [0.5, 0.6) is 0 Å². The van der Waals surface area contributed by atoms with Crippen LogP contribution < -0.4 is 9.80 Å². The van der Waals surface area contributed by atoms with Crippen LogP contribution in [0.4, 0.5) is 11.4 Å². The molecule has 0 saturated carbocycles. The third kappa shape index (κ3) is 3.07. The Hall–Kier alpha value is -3.05. The monoisotopic (exact) mass is 428 g/mol. The molecule has 4 nitrogen and oxygen atoms in total. The van der Waals surface area contributed by atoms with Gasteiger partial charge in [0.05, 0.1) is 18.0 Å². The SMILES string of the molecule is Cc1ccc(CN2C(=O)C3(SCC(=O)N3c3cc(C)cc(C)c3)c3ccccc32)cc1. The van der Waals surface area contributed by atoms with Crippen LogP contribution in [0.1, 0.15) is 27.8 Å². The van der Waals surface area contributed by atoms with Crippen molar-refractivity contribution in [2.75, 3.05) is 15.6 Å². The summed E-state index contributed by atoms with van der Waals surface area (Å²) in [5, 5.41) is 0. The zero-order chi connectivity index (χ0) is 21.8. The van der Waals surface area contributed by atoms with E-state index in [4.69, 9.17) is 0 Å². The highest BCUT2D eigenvalue weighted by Crippen LogP contribution is 2.56. The fourth-order valence-corrected chi connectivity index (χ4v) is 6.03. The number of amides is 2. The van der Waals surface area contributed by atoms with Gasteiger partial charge in [0.2, 0.25) is 10.8 Å². The summed E-state index contributed by atoms with van der Waals surface area (Å²) in [6.07, 6.45) is 0. The first-order chi connectivity index (χ1) is 14.9. The average Bonchev–Trinajstić information content (AvgIpc) is 3.20. The largest absolute Gasteiger partial charge is 0.304 e. The number of aryl methyl sites for hydroxylation is 3. The molecule has 3 aromatic rings. The number of benzene rings is 3. The molecule has 3 aromatic carbocycles. The van der Waals surface area contributed by atoms with Crippen LogP contribution in [0, 0.1) is 20.8 Å². The van der Waals surface area contributed by atoms with Crippen molar-refractivity contribution in [2.45, 2.75) is 32.2 Å². The van der Waals surface area contributed by atoms with Gasteiger partial charge >= 0.3 is 0 Å². The normalized spacial score (nSPS) is 20.1. The molecule has 2 heterocycles. The van der Waals surface area contributed by atoms with Gasteiger partial charge in [0.15, 0.2) is 0 Å². The minimum absolute atomic E-state index is 0.0321. The fraction of sp³-hybridized carbons (Fsp3) is 0.231. The first-order valence-corrected chi connectivity index (χ1v) is 11.4. The highest BCUT2D eigenvalue weighted by atomic mass is 32.2. The molecule has 5 heteroatoms. The molecule has 156 valence electrons. The number of nitrogens with zero attached hydrogens (tertiary/aromatic N) is 2. The van der Waals surface area contributed by atoms with Gasteiger partial charge in [-0.2, -0.15) is 0 Å². The Kier molecular flexibility index (Phi) is 4.67. The zero-order valence-corrected chi connectivity index (χ0v) is 18.7. The summed E-state index contributed by atoms with van der Waals surface area (Å²) in [5.74, 6) is 0.199. The highest BCUT2D eigenvalue weighted by Gasteiger charge is 2.60. The summed E-state index contributed by atoms with van der Waals surface area (Å²) >= 11 is 1.43. The summed E-state index contributed by atoms with van der Waals surface area (Å²) in [6, 6.07) is 22.2. The van der Waals surface area contributed by atoms with Crippen LogP contribution in [-0.2, 0) is 21.0 Å². The third-order valence-electron chi connectivity index (χ3n) is 5.99. The van der Waals surface area contributed by atoms with Crippen molar-refractivity contribution in [3.05, 3.63) is 94.5 Å². The summed E-state index contributed by atoms with van der Waals surface area (Å²) in [6.45, 7) is 6.57. The molecule has 31 heavy (non-hydrogen) atoms. The van der Waals surface area contributed by atoms with Crippen molar-refractivity contribution in [1.29, 1.82) is 0 Å². The molecular formula is C26H24N2O2S. The van der Waals surface area contributed by atoms with Crippen LogP contribution in [0.3, 0.4) is 0 Å². The van der Waals surface area contributed by atoms with E-state index in [2.05, 4.69) is 37.3 Å². The van der Waals surface area contributed by atoms with Crippen LogP contribution in [0.25, 0.3) is 0 Å². The number of para-hydroxylation sites is 1. The van der Waals surface area contributed by atoms with E-state index in [-0.39, 0.29) is 17.6 Å². The van der Waals surface area contributed by atoms with Gasteiger partial charge in [0.25, 0.3) is 5.91 Å². The predicted molar refractivity (Wildman–Crippen MR) is 126 cm³/mol. The van der Waals surface area contributed by atoms with Crippen LogP contribution in [0.2, 0.25) is 0 Å². The highest BCUT2D eigenvalue weighted by molar-refractivity contribution is 8.02. The molecule has 0 N–H and O–H groups in total. The smallest absolute Gasteiger partial charge is 0.269 e. The lowest BCUT2D eigenvalue weighted by Crippen LogP contribution is -2.49.